The molecule has 2 aliphatic rings. The predicted octanol–water partition coefficient (Wildman–Crippen LogP) is -0.0552. The van der Waals surface area contributed by atoms with Gasteiger partial charge in [-0.15, -0.1) is 11.3 Å². The molecular formula is C16H21N5O3S. The monoisotopic (exact) mass is 363 g/mol. The molecule has 1 saturated carbocycles. The lowest BCUT2D eigenvalue weighted by Gasteiger charge is -2.27. The van der Waals surface area contributed by atoms with E-state index >= 15 is 0 Å². The molecule has 9 heteroatoms. The van der Waals surface area contributed by atoms with E-state index < -0.39 is 6.04 Å². The molecule has 4 atom stereocenters. The van der Waals surface area contributed by atoms with Gasteiger partial charge >= 0.3 is 0 Å². The molecule has 1 aliphatic heterocycles. The minimum absolute atomic E-state index is 0.00337. The van der Waals surface area contributed by atoms with Crippen LogP contribution in [0, 0.1) is 11.3 Å². The summed E-state index contributed by atoms with van der Waals surface area (Å²) in [7, 11) is 0. The van der Waals surface area contributed by atoms with Crippen LogP contribution in [0.15, 0.2) is 11.4 Å². The maximum atomic E-state index is 12.7. The number of nitrogens with one attached hydrogen (secondary N) is 3. The van der Waals surface area contributed by atoms with Crippen molar-refractivity contribution in [3.05, 3.63) is 21.9 Å². The molecule has 0 bridgehead atoms. The summed E-state index contributed by atoms with van der Waals surface area (Å²) >= 11 is 1.43. The van der Waals surface area contributed by atoms with Crippen LogP contribution in [-0.2, 0) is 14.4 Å². The van der Waals surface area contributed by atoms with Crippen molar-refractivity contribution >= 4 is 35.4 Å². The van der Waals surface area contributed by atoms with E-state index in [-0.39, 0.29) is 36.3 Å². The largest absolute Gasteiger partial charge is 0.384 e. The minimum Gasteiger partial charge on any atom is -0.384 e. The van der Waals surface area contributed by atoms with Crippen LogP contribution < -0.4 is 16.4 Å². The topological polar surface area (TPSA) is 128 Å². The summed E-state index contributed by atoms with van der Waals surface area (Å²) in [4.78, 5) is 37.9. The van der Waals surface area contributed by atoms with Crippen molar-refractivity contribution in [1.82, 2.24) is 15.5 Å². The molecule has 2 heterocycles. The van der Waals surface area contributed by atoms with E-state index in [0.717, 1.165) is 11.3 Å². The van der Waals surface area contributed by atoms with Crippen LogP contribution in [0.4, 0.5) is 0 Å². The second kappa shape index (κ2) is 6.83. The number of likely N-dealkylation sites (tertiary alicyclic amines) is 1. The number of carbonyl (C=O) groups is 3. The highest BCUT2D eigenvalue weighted by molar-refractivity contribution is 7.10. The zero-order valence-electron chi connectivity index (χ0n) is 13.8. The van der Waals surface area contributed by atoms with Crippen molar-refractivity contribution in [2.75, 3.05) is 6.54 Å². The Morgan fingerprint density at radius 1 is 1.52 bits per heavy atom. The smallest absolute Gasteiger partial charge is 0.243 e. The van der Waals surface area contributed by atoms with E-state index in [0.29, 0.717) is 24.3 Å². The van der Waals surface area contributed by atoms with Crippen molar-refractivity contribution in [2.24, 2.45) is 11.7 Å². The summed E-state index contributed by atoms with van der Waals surface area (Å²) in [6.45, 7) is 1.78. The van der Waals surface area contributed by atoms with Gasteiger partial charge in [-0.1, -0.05) is 0 Å². The first kappa shape index (κ1) is 17.4. The Labute approximate surface area is 149 Å². The normalized spacial score (nSPS) is 25.0. The van der Waals surface area contributed by atoms with Crippen molar-refractivity contribution < 1.29 is 14.4 Å². The Balaban J connectivity index is 1.64. The number of rotatable bonds is 7. The fraction of sp³-hybridized carbons (Fsp3) is 0.500. The maximum Gasteiger partial charge on any atom is 0.243 e. The van der Waals surface area contributed by atoms with E-state index in [9.17, 15) is 14.4 Å². The molecule has 3 amide bonds. The summed E-state index contributed by atoms with van der Waals surface area (Å²) in [5.74, 6) is -0.0227. The van der Waals surface area contributed by atoms with E-state index in [1.807, 2.05) is 6.92 Å². The lowest BCUT2D eigenvalue weighted by molar-refractivity contribution is -0.139. The van der Waals surface area contributed by atoms with Gasteiger partial charge in [0.1, 0.15) is 11.9 Å². The number of nitrogens with zero attached hydrogens (tertiary/aromatic N) is 1. The molecule has 0 aromatic carbocycles. The fourth-order valence-electron chi connectivity index (χ4n) is 3.37. The third-order valence-corrected chi connectivity index (χ3v) is 5.86. The molecule has 25 heavy (non-hydrogen) atoms. The first-order chi connectivity index (χ1) is 11.9. The molecule has 3 unspecified atom stereocenters. The molecule has 1 aromatic rings. The molecule has 0 radical (unpaired) electrons. The Bertz CT molecular complexity index is 718. The first-order valence-corrected chi connectivity index (χ1v) is 9.01. The summed E-state index contributed by atoms with van der Waals surface area (Å²) in [6, 6.07) is 1.20. The van der Waals surface area contributed by atoms with Crippen LogP contribution in [0.1, 0.15) is 36.2 Å². The number of thiophene rings is 1. The number of fused-ring (bicyclic) bond motifs is 1. The minimum atomic E-state index is -0.487. The third kappa shape index (κ3) is 3.51. The zero-order chi connectivity index (χ0) is 18.1. The molecular weight excluding hydrogens is 342 g/mol. The van der Waals surface area contributed by atoms with Gasteiger partial charge in [0.25, 0.3) is 0 Å². The Kier molecular flexibility index (Phi) is 4.76. The van der Waals surface area contributed by atoms with Gasteiger partial charge < -0.3 is 21.3 Å². The molecule has 1 aromatic heterocycles. The van der Waals surface area contributed by atoms with Crippen LogP contribution in [0.5, 0.6) is 0 Å². The molecule has 3 rings (SSSR count). The second-order valence-corrected chi connectivity index (χ2v) is 7.44. The van der Waals surface area contributed by atoms with Crippen LogP contribution in [0.3, 0.4) is 0 Å². The van der Waals surface area contributed by atoms with Gasteiger partial charge in [-0.05, 0) is 31.7 Å². The third-order valence-electron chi connectivity index (χ3n) is 4.75. The van der Waals surface area contributed by atoms with Crippen molar-refractivity contribution in [3.8, 4) is 0 Å². The molecule has 5 N–H and O–H groups in total. The Hall–Kier alpha value is -2.42. The SMILES string of the molecule is C[C@@H](NC(=O)C1CC2CC2N1C(=O)CNC=O)c1cc(C(=N)N)cs1. The summed E-state index contributed by atoms with van der Waals surface area (Å²) in [5, 5.41) is 14.5. The summed E-state index contributed by atoms with van der Waals surface area (Å²) in [6.07, 6.45) is 2.08. The van der Waals surface area contributed by atoms with Crippen molar-refractivity contribution in [2.45, 2.75) is 37.9 Å². The highest BCUT2D eigenvalue weighted by Crippen LogP contribution is 2.47. The molecule has 8 nitrogen and oxygen atoms in total. The second-order valence-electron chi connectivity index (χ2n) is 6.50. The highest BCUT2D eigenvalue weighted by Gasteiger charge is 2.55. The van der Waals surface area contributed by atoms with Crippen LogP contribution in [0.25, 0.3) is 0 Å². The summed E-state index contributed by atoms with van der Waals surface area (Å²) in [5.41, 5.74) is 6.11. The summed E-state index contributed by atoms with van der Waals surface area (Å²) < 4.78 is 0. The van der Waals surface area contributed by atoms with Gasteiger partial charge in [0.05, 0.1) is 12.6 Å². The van der Waals surface area contributed by atoms with Crippen LogP contribution in [0.2, 0.25) is 0 Å². The maximum absolute atomic E-state index is 12.7. The molecule has 2 fully saturated rings. The number of amides is 3. The van der Waals surface area contributed by atoms with E-state index in [1.165, 1.54) is 11.3 Å². The molecule has 0 spiro atoms. The number of hydrogen-bond donors (Lipinski definition) is 4. The van der Waals surface area contributed by atoms with Gasteiger partial charge in [-0.3, -0.25) is 19.8 Å². The van der Waals surface area contributed by atoms with E-state index in [4.69, 9.17) is 11.1 Å². The number of amidine groups is 1. The van der Waals surface area contributed by atoms with Crippen LogP contribution in [-0.4, -0.2) is 47.6 Å². The lowest BCUT2D eigenvalue weighted by Crippen LogP contribution is -2.50. The van der Waals surface area contributed by atoms with Gasteiger partial charge in [-0.2, -0.15) is 0 Å². The Morgan fingerprint density at radius 3 is 2.92 bits per heavy atom. The van der Waals surface area contributed by atoms with E-state index in [1.54, 1.807) is 16.3 Å². The quantitative estimate of drug-likeness (QED) is 0.307. The number of piperidine rings is 1. The highest BCUT2D eigenvalue weighted by atomic mass is 32.1. The van der Waals surface area contributed by atoms with Gasteiger partial charge in [0.15, 0.2) is 0 Å². The molecule has 1 saturated heterocycles. The van der Waals surface area contributed by atoms with Crippen molar-refractivity contribution in [1.29, 1.82) is 5.41 Å². The predicted molar refractivity (Wildman–Crippen MR) is 93.1 cm³/mol. The van der Waals surface area contributed by atoms with Crippen molar-refractivity contribution in [3.63, 3.8) is 0 Å². The van der Waals surface area contributed by atoms with E-state index in [2.05, 4.69) is 10.6 Å². The molecule has 134 valence electrons. The number of hydrogen-bond acceptors (Lipinski definition) is 5. The zero-order valence-corrected chi connectivity index (χ0v) is 14.6. The molecule has 1 aliphatic carbocycles. The lowest BCUT2D eigenvalue weighted by atomic mass is 10.1. The first-order valence-electron chi connectivity index (χ1n) is 8.13. The van der Waals surface area contributed by atoms with Gasteiger partial charge in [0.2, 0.25) is 18.2 Å². The average molecular weight is 363 g/mol. The number of nitrogens with two attached hydrogens (primary N) is 1. The fourth-order valence-corrected chi connectivity index (χ4v) is 4.29. The Morgan fingerprint density at radius 2 is 2.28 bits per heavy atom. The average Bonchev–Trinajstić information content (AvgIpc) is 3.01. The standard InChI is InChI=1S/C16H21N5O3S/c1-8(13-4-10(6-25-13)15(17)18)20-16(24)12-3-9-2-11(9)21(12)14(23)5-19-7-22/h4,6-9,11-12H,2-3,5H2,1H3,(H3,17,18)(H,19,22)(H,20,24)/t8-,9?,11?,12?/m1/s1. The number of nitrogen functional groups attached to an aromatic ring is 1. The number of carbonyl (C=O) groups excluding carboxylic acids is 3. The van der Waals surface area contributed by atoms with Crippen LogP contribution >= 0.6 is 11.3 Å². The van der Waals surface area contributed by atoms with Gasteiger partial charge in [0, 0.05) is 21.9 Å². The van der Waals surface area contributed by atoms with Gasteiger partial charge in [-0.25, -0.2) is 0 Å².